The number of rotatable bonds is 6. The molecular weight excluding hydrogens is 384 g/mol. The molecule has 3 amide bonds. The van der Waals surface area contributed by atoms with Crippen LogP contribution in [0.4, 0.5) is 10.6 Å². The number of benzene rings is 1. The van der Waals surface area contributed by atoms with E-state index in [1.54, 1.807) is 12.1 Å². The van der Waals surface area contributed by atoms with Gasteiger partial charge < -0.3 is 16.4 Å². The van der Waals surface area contributed by atoms with Crippen LogP contribution in [-0.4, -0.2) is 23.5 Å². The van der Waals surface area contributed by atoms with Gasteiger partial charge in [-0.15, -0.1) is 0 Å². The van der Waals surface area contributed by atoms with Crippen molar-refractivity contribution in [2.45, 2.75) is 19.3 Å². The summed E-state index contributed by atoms with van der Waals surface area (Å²) in [6.07, 6.45) is 1.67. The summed E-state index contributed by atoms with van der Waals surface area (Å²) >= 11 is 9.58. The predicted molar refractivity (Wildman–Crippen MR) is 94.5 cm³/mol. The Kier molecular flexibility index (Phi) is 6.18. The second-order valence-corrected chi connectivity index (χ2v) is 6.18. The number of pyridine rings is 1. The Bertz CT molecular complexity index is 739. The lowest BCUT2D eigenvalue weighted by atomic mass is 10.2. The Hall–Kier alpha value is -1.86. The molecule has 0 aliphatic rings. The number of carbonyl (C=O) groups excluding carboxylic acids is 2. The third kappa shape index (κ3) is 5.07. The number of nitrogens with zero attached hydrogens (tertiary/aromatic N) is 1. The van der Waals surface area contributed by atoms with E-state index in [2.05, 4.69) is 31.5 Å². The summed E-state index contributed by atoms with van der Waals surface area (Å²) in [5.41, 5.74) is 5.58. The molecule has 23 heavy (non-hydrogen) atoms. The van der Waals surface area contributed by atoms with Crippen molar-refractivity contribution >= 4 is 56.2 Å². The Morgan fingerprint density at radius 1 is 1.22 bits per heavy atom. The van der Waals surface area contributed by atoms with Gasteiger partial charge in [-0.05, 0) is 37.1 Å². The largest absolute Gasteiger partial charge is 0.352 e. The van der Waals surface area contributed by atoms with Gasteiger partial charge in [0.2, 0.25) is 5.91 Å². The summed E-state index contributed by atoms with van der Waals surface area (Å²) in [7, 11) is 0. The van der Waals surface area contributed by atoms with Crippen LogP contribution in [0.5, 0.6) is 0 Å². The lowest BCUT2D eigenvalue weighted by Gasteiger charge is -2.08. The molecule has 0 aliphatic heterocycles. The van der Waals surface area contributed by atoms with Gasteiger partial charge in [-0.1, -0.05) is 27.5 Å². The predicted octanol–water partition coefficient (Wildman–Crippen LogP) is 3.43. The first-order valence-electron chi connectivity index (χ1n) is 7.05. The van der Waals surface area contributed by atoms with Crippen molar-refractivity contribution in [1.82, 2.24) is 10.3 Å². The smallest absolute Gasteiger partial charge is 0.312 e. The van der Waals surface area contributed by atoms with Crippen LogP contribution >= 0.6 is 27.5 Å². The molecule has 1 heterocycles. The van der Waals surface area contributed by atoms with E-state index in [0.717, 1.165) is 9.86 Å². The van der Waals surface area contributed by atoms with E-state index in [1.165, 1.54) is 0 Å². The van der Waals surface area contributed by atoms with E-state index in [-0.39, 0.29) is 5.91 Å². The minimum atomic E-state index is -0.558. The number of halogens is 2. The maximum atomic E-state index is 11.9. The number of unbranched alkanes of at least 4 members (excludes halogenated alkanes) is 1. The minimum absolute atomic E-state index is 0.137. The number of anilines is 1. The van der Waals surface area contributed by atoms with Crippen molar-refractivity contribution in [2.24, 2.45) is 5.73 Å². The number of carbonyl (C=O) groups is 2. The van der Waals surface area contributed by atoms with Gasteiger partial charge in [-0.25, -0.2) is 9.78 Å². The van der Waals surface area contributed by atoms with Gasteiger partial charge >= 0.3 is 6.03 Å². The van der Waals surface area contributed by atoms with Crippen LogP contribution in [0.25, 0.3) is 10.9 Å². The summed E-state index contributed by atoms with van der Waals surface area (Å²) in [4.78, 5) is 26.8. The summed E-state index contributed by atoms with van der Waals surface area (Å²) in [5.74, 6) is 0.319. The molecule has 1 aromatic carbocycles. The van der Waals surface area contributed by atoms with Gasteiger partial charge in [0.05, 0.1) is 10.5 Å². The number of aromatic nitrogens is 1. The van der Waals surface area contributed by atoms with Gasteiger partial charge in [0.25, 0.3) is 0 Å². The molecule has 4 N–H and O–H groups in total. The maximum absolute atomic E-state index is 11.9. The monoisotopic (exact) mass is 398 g/mol. The zero-order chi connectivity index (χ0) is 16.8. The zero-order valence-corrected chi connectivity index (χ0v) is 14.6. The highest BCUT2D eigenvalue weighted by molar-refractivity contribution is 9.10. The molecule has 2 rings (SSSR count). The van der Waals surface area contributed by atoms with Crippen LogP contribution < -0.4 is 16.4 Å². The van der Waals surface area contributed by atoms with Crippen LogP contribution in [0, 0.1) is 0 Å². The molecule has 0 aliphatic carbocycles. The standard InChI is InChI=1S/C15H16BrClN4O2/c16-10-5-6-11(17)14-9(10)4-7-12(21-14)20-13(22)3-1-2-8-19-15(18)23/h4-7H,1-3,8H2,(H3,18,19,23)(H,20,21,22). The van der Waals surface area contributed by atoms with Crippen LogP contribution in [0.15, 0.2) is 28.7 Å². The van der Waals surface area contributed by atoms with Crippen LogP contribution in [0.1, 0.15) is 19.3 Å². The number of hydrogen-bond donors (Lipinski definition) is 3. The second-order valence-electron chi connectivity index (χ2n) is 4.92. The highest BCUT2D eigenvalue weighted by Crippen LogP contribution is 2.29. The molecule has 0 radical (unpaired) electrons. The van der Waals surface area contributed by atoms with Crippen molar-refractivity contribution < 1.29 is 9.59 Å². The lowest BCUT2D eigenvalue weighted by Crippen LogP contribution is -2.30. The molecule has 0 bridgehead atoms. The first-order valence-corrected chi connectivity index (χ1v) is 8.22. The summed E-state index contributed by atoms with van der Waals surface area (Å²) in [5, 5.41) is 6.63. The number of hydrogen-bond acceptors (Lipinski definition) is 3. The van der Waals surface area contributed by atoms with Crippen molar-refractivity contribution in [3.05, 3.63) is 33.8 Å². The van der Waals surface area contributed by atoms with Crippen molar-refractivity contribution in [3.8, 4) is 0 Å². The zero-order valence-electron chi connectivity index (χ0n) is 12.2. The molecule has 0 unspecified atom stereocenters. The Balaban J connectivity index is 1.92. The minimum Gasteiger partial charge on any atom is -0.352 e. The van der Waals surface area contributed by atoms with Gasteiger partial charge in [-0.3, -0.25) is 4.79 Å². The van der Waals surface area contributed by atoms with E-state index >= 15 is 0 Å². The third-order valence-electron chi connectivity index (χ3n) is 3.15. The third-order valence-corrected chi connectivity index (χ3v) is 4.15. The summed E-state index contributed by atoms with van der Waals surface area (Å²) in [6.45, 7) is 0.459. The molecule has 8 heteroatoms. The van der Waals surface area contributed by atoms with Crippen LogP contribution in [0.2, 0.25) is 5.02 Å². The Morgan fingerprint density at radius 2 is 2.00 bits per heavy atom. The summed E-state index contributed by atoms with van der Waals surface area (Å²) < 4.78 is 0.893. The fraction of sp³-hybridized carbons (Fsp3) is 0.267. The quantitative estimate of drug-likeness (QED) is 0.649. The van der Waals surface area contributed by atoms with Crippen LogP contribution in [-0.2, 0) is 4.79 Å². The average Bonchev–Trinajstić information content (AvgIpc) is 2.50. The highest BCUT2D eigenvalue weighted by atomic mass is 79.9. The van der Waals surface area contributed by atoms with E-state index in [4.69, 9.17) is 17.3 Å². The van der Waals surface area contributed by atoms with Crippen LogP contribution in [0.3, 0.4) is 0 Å². The van der Waals surface area contributed by atoms with Gasteiger partial charge in [-0.2, -0.15) is 0 Å². The fourth-order valence-electron chi connectivity index (χ4n) is 2.05. The first kappa shape index (κ1) is 17.5. The number of amides is 3. The number of fused-ring (bicyclic) bond motifs is 1. The van der Waals surface area contributed by atoms with Gasteiger partial charge in [0, 0.05) is 22.8 Å². The average molecular weight is 400 g/mol. The van der Waals surface area contributed by atoms with Crippen molar-refractivity contribution in [3.63, 3.8) is 0 Å². The maximum Gasteiger partial charge on any atom is 0.312 e. The number of primary amides is 1. The second kappa shape index (κ2) is 8.12. The summed E-state index contributed by atoms with van der Waals surface area (Å²) in [6, 6.07) is 6.63. The van der Waals surface area contributed by atoms with E-state index < -0.39 is 6.03 Å². The highest BCUT2D eigenvalue weighted by Gasteiger charge is 2.08. The normalized spacial score (nSPS) is 10.5. The molecule has 0 spiro atoms. The fourth-order valence-corrected chi connectivity index (χ4v) is 2.71. The van der Waals surface area contributed by atoms with Gasteiger partial charge in [0.1, 0.15) is 5.82 Å². The molecule has 6 nitrogen and oxygen atoms in total. The molecule has 0 fully saturated rings. The van der Waals surface area contributed by atoms with E-state index in [9.17, 15) is 9.59 Å². The van der Waals surface area contributed by atoms with E-state index in [1.807, 2.05) is 12.1 Å². The molecule has 1 aromatic heterocycles. The molecule has 0 saturated carbocycles. The van der Waals surface area contributed by atoms with Gasteiger partial charge in [0.15, 0.2) is 0 Å². The SMILES string of the molecule is NC(=O)NCCCCC(=O)Nc1ccc2c(Br)ccc(Cl)c2n1. The number of nitrogens with one attached hydrogen (secondary N) is 2. The Labute approximate surface area is 146 Å². The number of nitrogens with two attached hydrogens (primary N) is 1. The topological polar surface area (TPSA) is 97.1 Å². The molecule has 2 aromatic rings. The molecule has 0 atom stereocenters. The van der Waals surface area contributed by atoms with E-state index in [0.29, 0.717) is 42.2 Å². The number of urea groups is 1. The molecule has 0 saturated heterocycles. The van der Waals surface area contributed by atoms with Crippen molar-refractivity contribution in [1.29, 1.82) is 0 Å². The molecular formula is C15H16BrClN4O2. The first-order chi connectivity index (χ1) is 11.0. The lowest BCUT2D eigenvalue weighted by molar-refractivity contribution is -0.116. The van der Waals surface area contributed by atoms with Crippen molar-refractivity contribution in [2.75, 3.05) is 11.9 Å². The Morgan fingerprint density at radius 3 is 2.74 bits per heavy atom. The molecule has 122 valence electrons.